The van der Waals surface area contributed by atoms with E-state index in [-0.39, 0.29) is 0 Å². The molecule has 0 aromatic heterocycles. The van der Waals surface area contributed by atoms with E-state index in [1.54, 1.807) is 0 Å². The molecule has 0 heterocycles. The van der Waals surface area contributed by atoms with Gasteiger partial charge in [0.25, 0.3) is 0 Å². The summed E-state index contributed by atoms with van der Waals surface area (Å²) < 4.78 is 30.7. The normalized spacial score (nSPS) is 47.1. The zero-order valence-corrected chi connectivity index (χ0v) is 10.7. The topological polar surface area (TPSA) is 26.3 Å². The Hall–Kier alpha value is -0.670. The molecule has 0 aromatic rings. The van der Waals surface area contributed by atoms with E-state index in [9.17, 15) is 13.6 Å². The SMILES string of the molecule is CC1(OC(=O)C(F)CF)C2CC3CC(C2)CC1C3. The number of halogens is 2. The summed E-state index contributed by atoms with van der Waals surface area (Å²) >= 11 is 0. The third-order valence-electron chi connectivity index (χ3n) is 5.47. The van der Waals surface area contributed by atoms with Crippen LogP contribution < -0.4 is 0 Å². The van der Waals surface area contributed by atoms with Crippen LogP contribution in [0.2, 0.25) is 0 Å². The molecule has 18 heavy (non-hydrogen) atoms. The Balaban J connectivity index is 1.76. The summed E-state index contributed by atoms with van der Waals surface area (Å²) in [5.74, 6) is 1.23. The lowest BCUT2D eigenvalue weighted by molar-refractivity contribution is -0.208. The molecule has 1 unspecified atom stereocenters. The maximum atomic E-state index is 13.1. The van der Waals surface area contributed by atoms with Crippen LogP contribution in [0.4, 0.5) is 8.78 Å². The van der Waals surface area contributed by atoms with Gasteiger partial charge in [0.15, 0.2) is 0 Å². The Bertz CT molecular complexity index is 328. The van der Waals surface area contributed by atoms with Gasteiger partial charge in [-0.25, -0.2) is 13.6 Å². The number of hydrogen-bond acceptors (Lipinski definition) is 2. The molecule has 0 radical (unpaired) electrons. The highest BCUT2D eigenvalue weighted by Gasteiger charge is 2.57. The molecule has 4 saturated carbocycles. The fourth-order valence-electron chi connectivity index (χ4n) is 4.63. The first-order valence-electron chi connectivity index (χ1n) is 6.95. The minimum absolute atomic E-state index is 0.351. The third-order valence-corrected chi connectivity index (χ3v) is 5.47. The molecule has 4 aliphatic carbocycles. The van der Waals surface area contributed by atoms with Crippen LogP contribution >= 0.6 is 0 Å². The molecule has 4 bridgehead atoms. The molecule has 4 fully saturated rings. The summed E-state index contributed by atoms with van der Waals surface area (Å²) in [5, 5.41) is 0. The summed E-state index contributed by atoms with van der Waals surface area (Å²) in [6.07, 6.45) is 3.55. The van der Waals surface area contributed by atoms with Gasteiger partial charge in [-0.3, -0.25) is 0 Å². The molecule has 0 spiro atoms. The van der Waals surface area contributed by atoms with Crippen LogP contribution in [-0.2, 0) is 9.53 Å². The Labute approximate surface area is 106 Å². The molecule has 1 atom stereocenters. The Kier molecular flexibility index (Phi) is 2.87. The van der Waals surface area contributed by atoms with E-state index in [1.807, 2.05) is 6.92 Å². The molecule has 2 nitrogen and oxygen atoms in total. The van der Waals surface area contributed by atoms with E-state index in [0.29, 0.717) is 11.8 Å². The van der Waals surface area contributed by atoms with E-state index in [4.69, 9.17) is 4.74 Å². The minimum atomic E-state index is -2.11. The van der Waals surface area contributed by atoms with E-state index in [1.165, 1.54) is 6.42 Å². The molecule has 0 aromatic carbocycles. The van der Waals surface area contributed by atoms with E-state index in [2.05, 4.69) is 0 Å². The van der Waals surface area contributed by atoms with Gasteiger partial charge < -0.3 is 4.74 Å². The smallest absolute Gasteiger partial charge is 0.344 e. The van der Waals surface area contributed by atoms with Crippen molar-refractivity contribution in [3.05, 3.63) is 0 Å². The molecule has 0 amide bonds. The van der Waals surface area contributed by atoms with Crippen molar-refractivity contribution < 1.29 is 18.3 Å². The van der Waals surface area contributed by atoms with Crippen molar-refractivity contribution in [1.29, 1.82) is 0 Å². The molecule has 0 aliphatic heterocycles. The maximum Gasteiger partial charge on any atom is 0.344 e. The summed E-state index contributed by atoms with van der Waals surface area (Å²) in [4.78, 5) is 11.5. The minimum Gasteiger partial charge on any atom is -0.457 e. The van der Waals surface area contributed by atoms with Crippen LogP contribution in [0.1, 0.15) is 39.0 Å². The fraction of sp³-hybridized carbons (Fsp3) is 0.929. The molecular formula is C14H20F2O2. The van der Waals surface area contributed by atoms with E-state index < -0.39 is 24.4 Å². The molecule has 0 N–H and O–H groups in total. The second-order valence-electron chi connectivity index (χ2n) is 6.53. The number of ether oxygens (including phenoxy) is 1. The lowest BCUT2D eigenvalue weighted by Gasteiger charge is -2.59. The van der Waals surface area contributed by atoms with Crippen molar-refractivity contribution in [3.63, 3.8) is 0 Å². The summed E-state index contributed by atoms with van der Waals surface area (Å²) in [6, 6.07) is 0. The van der Waals surface area contributed by atoms with Crippen LogP contribution in [0.5, 0.6) is 0 Å². The van der Waals surface area contributed by atoms with Gasteiger partial charge in [0.05, 0.1) is 0 Å². The fourth-order valence-corrected chi connectivity index (χ4v) is 4.63. The van der Waals surface area contributed by atoms with Crippen LogP contribution in [0.3, 0.4) is 0 Å². The Morgan fingerprint density at radius 1 is 1.22 bits per heavy atom. The van der Waals surface area contributed by atoms with Crippen molar-refractivity contribution in [2.45, 2.75) is 50.8 Å². The number of carbonyl (C=O) groups excluding carboxylic acids is 1. The molecule has 102 valence electrons. The highest BCUT2D eigenvalue weighted by Crippen LogP contribution is 2.59. The highest BCUT2D eigenvalue weighted by molar-refractivity contribution is 5.75. The van der Waals surface area contributed by atoms with Gasteiger partial charge in [-0.1, -0.05) is 0 Å². The quantitative estimate of drug-likeness (QED) is 0.727. The van der Waals surface area contributed by atoms with Gasteiger partial charge in [-0.15, -0.1) is 0 Å². The Morgan fingerprint density at radius 2 is 1.72 bits per heavy atom. The first-order chi connectivity index (χ1) is 8.53. The van der Waals surface area contributed by atoms with Crippen molar-refractivity contribution in [2.24, 2.45) is 23.7 Å². The van der Waals surface area contributed by atoms with Crippen LogP contribution in [0.25, 0.3) is 0 Å². The molecular weight excluding hydrogens is 238 g/mol. The number of esters is 1. The molecule has 0 saturated heterocycles. The van der Waals surface area contributed by atoms with Crippen LogP contribution in [0.15, 0.2) is 0 Å². The largest absolute Gasteiger partial charge is 0.457 e. The summed E-state index contributed by atoms with van der Waals surface area (Å²) in [7, 11) is 0. The maximum absolute atomic E-state index is 13.1. The van der Waals surface area contributed by atoms with Gasteiger partial charge in [-0.05, 0) is 62.7 Å². The van der Waals surface area contributed by atoms with Gasteiger partial charge in [0.1, 0.15) is 12.3 Å². The van der Waals surface area contributed by atoms with Gasteiger partial charge in [0.2, 0.25) is 6.17 Å². The standard InChI is InChI=1S/C14H20F2O2/c1-14(18-13(17)12(16)7-15)10-3-8-2-9(5-10)6-11(14)4-8/h8-12H,2-7H2,1H3. The number of rotatable bonds is 3. The van der Waals surface area contributed by atoms with Crippen LogP contribution in [0, 0.1) is 23.7 Å². The first kappa shape index (κ1) is 12.4. The van der Waals surface area contributed by atoms with Crippen molar-refractivity contribution in [2.75, 3.05) is 6.67 Å². The monoisotopic (exact) mass is 258 g/mol. The molecule has 4 heteroatoms. The molecule has 4 rings (SSSR count). The van der Waals surface area contributed by atoms with Crippen molar-refractivity contribution in [3.8, 4) is 0 Å². The van der Waals surface area contributed by atoms with E-state index >= 15 is 0 Å². The lowest BCUT2D eigenvalue weighted by atomic mass is 9.50. The number of hydrogen-bond donors (Lipinski definition) is 0. The van der Waals surface area contributed by atoms with Crippen molar-refractivity contribution in [1.82, 2.24) is 0 Å². The molecule has 4 aliphatic rings. The average Bonchev–Trinajstić information content (AvgIpc) is 2.34. The second kappa shape index (κ2) is 4.17. The third kappa shape index (κ3) is 1.76. The second-order valence-corrected chi connectivity index (χ2v) is 6.53. The zero-order chi connectivity index (χ0) is 12.9. The zero-order valence-electron chi connectivity index (χ0n) is 10.7. The lowest BCUT2D eigenvalue weighted by Crippen LogP contribution is -2.58. The predicted molar refractivity (Wildman–Crippen MR) is 62.4 cm³/mol. The summed E-state index contributed by atoms with van der Waals surface area (Å²) in [5.41, 5.74) is -0.552. The first-order valence-corrected chi connectivity index (χ1v) is 6.95. The average molecular weight is 258 g/mol. The predicted octanol–water partition coefficient (Wildman–Crippen LogP) is 3.05. The van der Waals surface area contributed by atoms with Gasteiger partial charge in [0, 0.05) is 0 Å². The highest BCUT2D eigenvalue weighted by atomic mass is 19.2. The van der Waals surface area contributed by atoms with Crippen LogP contribution in [-0.4, -0.2) is 24.4 Å². The van der Waals surface area contributed by atoms with E-state index in [0.717, 1.165) is 37.5 Å². The Morgan fingerprint density at radius 3 is 2.17 bits per heavy atom. The summed E-state index contributed by atoms with van der Waals surface area (Å²) in [6.45, 7) is 0.651. The van der Waals surface area contributed by atoms with Crippen molar-refractivity contribution >= 4 is 5.97 Å². The van der Waals surface area contributed by atoms with Gasteiger partial charge in [-0.2, -0.15) is 0 Å². The van der Waals surface area contributed by atoms with Gasteiger partial charge >= 0.3 is 5.97 Å². The number of alkyl halides is 2. The number of carbonyl (C=O) groups is 1.